The first-order valence-corrected chi connectivity index (χ1v) is 7.83. The Morgan fingerprint density at radius 3 is 2.68 bits per heavy atom. The summed E-state index contributed by atoms with van der Waals surface area (Å²) in [6.45, 7) is 3.70. The van der Waals surface area contributed by atoms with E-state index in [0.29, 0.717) is 6.42 Å². The number of nitrogens with two attached hydrogens (primary N) is 1. The minimum atomic E-state index is -3.81. The van der Waals surface area contributed by atoms with Gasteiger partial charge in [0.1, 0.15) is 10.6 Å². The highest BCUT2D eigenvalue weighted by Gasteiger charge is 2.30. The topological polar surface area (TPSA) is 91.4 Å². The van der Waals surface area contributed by atoms with E-state index in [9.17, 15) is 13.2 Å². The molecule has 2 N–H and O–H groups in total. The van der Waals surface area contributed by atoms with E-state index in [1.807, 2.05) is 6.92 Å². The molecule has 0 saturated heterocycles. The second-order valence-corrected chi connectivity index (χ2v) is 6.43. The van der Waals surface area contributed by atoms with Crippen molar-refractivity contribution in [2.24, 2.45) is 5.14 Å². The van der Waals surface area contributed by atoms with E-state index in [1.54, 1.807) is 11.5 Å². The average molecular weight is 286 g/mol. The number of sulfonamides is 1. The molecular weight excluding hydrogens is 268 g/mol. The molecule has 2 rings (SSSR count). The minimum Gasteiger partial charge on any atom is -0.458 e. The van der Waals surface area contributed by atoms with Crippen LogP contribution in [0.1, 0.15) is 49.6 Å². The fourth-order valence-corrected chi connectivity index (χ4v) is 2.29. The van der Waals surface area contributed by atoms with Crippen molar-refractivity contribution in [3.8, 4) is 0 Å². The largest absolute Gasteiger partial charge is 0.458 e. The van der Waals surface area contributed by atoms with Crippen molar-refractivity contribution in [1.82, 2.24) is 4.57 Å². The molecule has 1 aromatic heterocycles. The van der Waals surface area contributed by atoms with Gasteiger partial charge in [-0.2, -0.15) is 0 Å². The van der Waals surface area contributed by atoms with Gasteiger partial charge in [-0.05, 0) is 32.3 Å². The molecule has 1 unspecified atom stereocenters. The van der Waals surface area contributed by atoms with E-state index in [-0.39, 0.29) is 22.7 Å². The molecule has 19 heavy (non-hydrogen) atoms. The van der Waals surface area contributed by atoms with Crippen molar-refractivity contribution in [3.05, 3.63) is 18.0 Å². The molecule has 1 aliphatic rings. The molecule has 1 aliphatic carbocycles. The van der Waals surface area contributed by atoms with Crippen molar-refractivity contribution >= 4 is 16.0 Å². The number of nitrogens with zero attached hydrogens (tertiary/aromatic N) is 1. The Bertz CT molecular complexity index is 587. The molecule has 106 valence electrons. The first-order chi connectivity index (χ1) is 8.82. The van der Waals surface area contributed by atoms with Crippen LogP contribution in [0.25, 0.3) is 0 Å². The van der Waals surface area contributed by atoms with Gasteiger partial charge in [0.2, 0.25) is 10.0 Å². The third-order valence-electron chi connectivity index (χ3n) is 3.18. The van der Waals surface area contributed by atoms with E-state index < -0.39 is 16.0 Å². The quantitative estimate of drug-likeness (QED) is 0.829. The highest BCUT2D eigenvalue weighted by atomic mass is 32.2. The third kappa shape index (κ3) is 3.16. The fourth-order valence-electron chi connectivity index (χ4n) is 1.75. The Morgan fingerprint density at radius 2 is 2.21 bits per heavy atom. The van der Waals surface area contributed by atoms with Gasteiger partial charge in [-0.25, -0.2) is 18.4 Å². The zero-order chi connectivity index (χ0) is 14.2. The van der Waals surface area contributed by atoms with Crippen LogP contribution in [0.15, 0.2) is 17.2 Å². The molecule has 0 aliphatic heterocycles. The van der Waals surface area contributed by atoms with Crippen LogP contribution in [0, 0.1) is 0 Å². The van der Waals surface area contributed by atoms with Crippen LogP contribution < -0.4 is 5.14 Å². The van der Waals surface area contributed by atoms with Gasteiger partial charge in [-0.3, -0.25) is 0 Å². The van der Waals surface area contributed by atoms with Crippen LogP contribution >= 0.6 is 0 Å². The Balaban J connectivity index is 2.33. The molecule has 7 heteroatoms. The molecule has 0 radical (unpaired) electrons. The lowest BCUT2D eigenvalue weighted by atomic mass is 10.3. The van der Waals surface area contributed by atoms with Crippen molar-refractivity contribution in [3.63, 3.8) is 0 Å². The molecule has 0 bridgehead atoms. The molecule has 0 aromatic carbocycles. The van der Waals surface area contributed by atoms with E-state index in [2.05, 4.69) is 0 Å². The van der Waals surface area contributed by atoms with Crippen LogP contribution in [-0.4, -0.2) is 25.1 Å². The third-order valence-corrected chi connectivity index (χ3v) is 4.06. The number of esters is 1. The summed E-state index contributed by atoms with van der Waals surface area (Å²) in [5.74, 6) is -0.504. The Morgan fingerprint density at radius 1 is 1.58 bits per heavy atom. The van der Waals surface area contributed by atoms with E-state index >= 15 is 0 Å². The van der Waals surface area contributed by atoms with E-state index in [0.717, 1.165) is 12.8 Å². The van der Waals surface area contributed by atoms with Gasteiger partial charge in [0, 0.05) is 12.2 Å². The zero-order valence-corrected chi connectivity index (χ0v) is 11.8. The number of rotatable bonds is 5. The van der Waals surface area contributed by atoms with Crippen LogP contribution in [0.5, 0.6) is 0 Å². The highest BCUT2D eigenvalue weighted by molar-refractivity contribution is 7.89. The Labute approximate surface area is 112 Å². The van der Waals surface area contributed by atoms with E-state index in [4.69, 9.17) is 9.88 Å². The van der Waals surface area contributed by atoms with Gasteiger partial charge < -0.3 is 9.30 Å². The van der Waals surface area contributed by atoms with Gasteiger partial charge in [-0.15, -0.1) is 0 Å². The second kappa shape index (κ2) is 4.97. The number of hydrogen-bond acceptors (Lipinski definition) is 4. The van der Waals surface area contributed by atoms with E-state index in [1.165, 1.54) is 12.3 Å². The number of carbonyl (C=O) groups is 1. The minimum absolute atomic E-state index is 0.0458. The summed E-state index contributed by atoms with van der Waals surface area (Å²) in [5, 5.41) is 5.09. The second-order valence-electron chi connectivity index (χ2n) is 4.87. The number of carbonyl (C=O) groups excluding carboxylic acids is 1. The molecular formula is C12H18N2O4S. The molecule has 1 saturated carbocycles. The smallest absolute Gasteiger partial charge is 0.355 e. The first kappa shape index (κ1) is 14.1. The summed E-state index contributed by atoms with van der Waals surface area (Å²) < 4.78 is 29.6. The lowest BCUT2D eigenvalue weighted by molar-refractivity contribution is 0.0321. The van der Waals surface area contributed by atoms with Crippen molar-refractivity contribution < 1.29 is 17.9 Å². The summed E-state index contributed by atoms with van der Waals surface area (Å²) >= 11 is 0. The van der Waals surface area contributed by atoms with Crippen LogP contribution in [0.3, 0.4) is 0 Å². The summed E-state index contributed by atoms with van der Waals surface area (Å²) in [7, 11) is -3.81. The standard InChI is InChI=1S/C12H18N2O4S/c1-3-8(2)18-12(15)11-6-10(19(13,16)17)7-14(11)9-4-5-9/h6-9H,3-5H2,1-2H3,(H2,13,16,17). The van der Waals surface area contributed by atoms with Gasteiger partial charge in [0.25, 0.3) is 0 Å². The van der Waals surface area contributed by atoms with Crippen LogP contribution in [0.4, 0.5) is 0 Å². The maximum atomic E-state index is 12.0. The van der Waals surface area contributed by atoms with Crippen LogP contribution in [0.2, 0.25) is 0 Å². The number of hydrogen-bond donors (Lipinski definition) is 1. The molecule has 0 amide bonds. The summed E-state index contributed by atoms with van der Waals surface area (Å²) in [4.78, 5) is 12.0. The summed E-state index contributed by atoms with van der Waals surface area (Å²) in [6, 6.07) is 1.47. The zero-order valence-electron chi connectivity index (χ0n) is 11.0. The number of ether oxygens (including phenoxy) is 1. The normalized spacial score (nSPS) is 17.2. The van der Waals surface area contributed by atoms with Crippen molar-refractivity contribution in [2.75, 3.05) is 0 Å². The predicted molar refractivity (Wildman–Crippen MR) is 69.2 cm³/mol. The highest BCUT2D eigenvalue weighted by Crippen LogP contribution is 2.37. The van der Waals surface area contributed by atoms with Gasteiger partial charge >= 0.3 is 5.97 Å². The van der Waals surface area contributed by atoms with Crippen molar-refractivity contribution in [2.45, 2.75) is 50.2 Å². The summed E-state index contributed by atoms with van der Waals surface area (Å²) in [6.07, 6.45) is 3.79. The Kier molecular flexibility index (Phi) is 3.69. The maximum Gasteiger partial charge on any atom is 0.355 e. The summed E-state index contributed by atoms with van der Waals surface area (Å²) in [5.41, 5.74) is 0.256. The lowest BCUT2D eigenvalue weighted by Gasteiger charge is -2.12. The number of aromatic nitrogens is 1. The predicted octanol–water partition coefficient (Wildman–Crippen LogP) is 1.43. The Hall–Kier alpha value is -1.34. The van der Waals surface area contributed by atoms with Gasteiger partial charge in [0.05, 0.1) is 6.10 Å². The molecule has 6 nitrogen and oxygen atoms in total. The van der Waals surface area contributed by atoms with Crippen LogP contribution in [-0.2, 0) is 14.8 Å². The van der Waals surface area contributed by atoms with Gasteiger partial charge in [0.15, 0.2) is 0 Å². The molecule has 1 heterocycles. The monoisotopic (exact) mass is 286 g/mol. The van der Waals surface area contributed by atoms with Gasteiger partial charge in [-0.1, -0.05) is 6.92 Å². The maximum absolute atomic E-state index is 12.0. The molecule has 1 atom stereocenters. The number of primary sulfonamides is 1. The molecule has 0 spiro atoms. The fraction of sp³-hybridized carbons (Fsp3) is 0.583. The lowest BCUT2D eigenvalue weighted by Crippen LogP contribution is -2.17. The average Bonchev–Trinajstić information content (AvgIpc) is 3.05. The molecule has 1 fully saturated rings. The molecule has 1 aromatic rings. The van der Waals surface area contributed by atoms with Crippen molar-refractivity contribution in [1.29, 1.82) is 0 Å². The SMILES string of the molecule is CCC(C)OC(=O)c1cc(S(N)(=O)=O)cn1C1CC1. The first-order valence-electron chi connectivity index (χ1n) is 6.28.